The van der Waals surface area contributed by atoms with Crippen LogP contribution in [0.2, 0.25) is 9.36 Å². The van der Waals surface area contributed by atoms with Crippen LogP contribution >= 0.6 is 34.5 Å². The first kappa shape index (κ1) is 22.1. The fourth-order valence-corrected chi connectivity index (χ4v) is 5.29. The lowest BCUT2D eigenvalue weighted by Gasteiger charge is -2.19. The van der Waals surface area contributed by atoms with Gasteiger partial charge in [0, 0.05) is 5.69 Å². The van der Waals surface area contributed by atoms with Gasteiger partial charge < -0.3 is 5.32 Å². The minimum absolute atomic E-state index is 0.0503. The lowest BCUT2D eigenvalue weighted by molar-refractivity contribution is 0.260. The molecule has 0 radical (unpaired) electrons. The first-order valence-corrected chi connectivity index (χ1v) is 11.2. The molecular formula is C17H20Cl2FN3O2S2. The number of carbonyl (C=O) groups excluding carboxylic acids is 1. The highest BCUT2D eigenvalue weighted by atomic mass is 35.5. The normalized spacial score (nSPS) is 13.7. The van der Waals surface area contributed by atoms with Crippen LogP contribution in [-0.2, 0) is 9.92 Å². The van der Waals surface area contributed by atoms with Crippen molar-refractivity contribution in [1.82, 2.24) is 0 Å². The standard InChI is InChI=1S/C17H20Cl2FN3O2S2/c1-8(2)11-5-10(20)6-12(9(3)4)15(11)22-17(24)23-27(21,25)14-7-13(18)16(19)26-14/h5-9H,1-4H3,(H3,21,22,23,24,25). The number of carbonyl (C=O) groups is 1. The monoisotopic (exact) mass is 451 g/mol. The highest BCUT2D eigenvalue weighted by molar-refractivity contribution is 7.93. The first-order valence-electron chi connectivity index (χ1n) is 8.06. The first-order chi connectivity index (χ1) is 12.4. The van der Waals surface area contributed by atoms with E-state index in [0.29, 0.717) is 16.8 Å². The summed E-state index contributed by atoms with van der Waals surface area (Å²) >= 11 is 12.6. The molecule has 27 heavy (non-hydrogen) atoms. The number of urea groups is 1. The van der Waals surface area contributed by atoms with Crippen molar-refractivity contribution < 1.29 is 13.4 Å². The lowest BCUT2D eigenvalue weighted by Crippen LogP contribution is -2.18. The number of thiophene rings is 1. The summed E-state index contributed by atoms with van der Waals surface area (Å²) in [5, 5.41) is 8.54. The number of nitrogens with two attached hydrogens (primary N) is 1. The zero-order valence-electron chi connectivity index (χ0n) is 15.2. The number of nitrogens with zero attached hydrogens (tertiary/aromatic N) is 1. The van der Waals surface area contributed by atoms with E-state index in [1.54, 1.807) is 0 Å². The number of benzene rings is 1. The van der Waals surface area contributed by atoms with Crippen LogP contribution in [0.5, 0.6) is 0 Å². The molecule has 0 saturated heterocycles. The van der Waals surface area contributed by atoms with Gasteiger partial charge in [0.05, 0.1) is 5.02 Å². The van der Waals surface area contributed by atoms with E-state index in [1.807, 2.05) is 27.7 Å². The summed E-state index contributed by atoms with van der Waals surface area (Å²) in [6, 6.07) is 3.17. The molecule has 2 rings (SSSR count). The van der Waals surface area contributed by atoms with E-state index in [-0.39, 0.29) is 31.2 Å². The van der Waals surface area contributed by atoms with Crippen LogP contribution in [0.15, 0.2) is 26.8 Å². The predicted molar refractivity (Wildman–Crippen MR) is 111 cm³/mol. The van der Waals surface area contributed by atoms with Gasteiger partial charge >= 0.3 is 6.03 Å². The Hall–Kier alpha value is -1.19. The molecule has 0 aliphatic heterocycles. The maximum absolute atomic E-state index is 14.0. The molecule has 5 nitrogen and oxygen atoms in total. The van der Waals surface area contributed by atoms with E-state index < -0.39 is 15.9 Å². The number of halogens is 3. The Morgan fingerprint density at radius 2 is 1.70 bits per heavy atom. The second kappa shape index (κ2) is 8.45. The molecule has 0 bridgehead atoms. The average molecular weight is 452 g/mol. The van der Waals surface area contributed by atoms with Gasteiger partial charge in [0.25, 0.3) is 0 Å². The Morgan fingerprint density at radius 1 is 1.19 bits per heavy atom. The topological polar surface area (TPSA) is 84.6 Å². The Balaban J connectivity index is 2.47. The van der Waals surface area contributed by atoms with E-state index in [2.05, 4.69) is 9.68 Å². The Bertz CT molecular complexity index is 948. The Morgan fingerprint density at radius 3 is 2.11 bits per heavy atom. The van der Waals surface area contributed by atoms with Gasteiger partial charge in [-0.1, -0.05) is 50.9 Å². The van der Waals surface area contributed by atoms with E-state index >= 15 is 0 Å². The molecule has 1 unspecified atom stereocenters. The van der Waals surface area contributed by atoms with Crippen molar-refractivity contribution in [3.05, 3.63) is 44.5 Å². The van der Waals surface area contributed by atoms with Gasteiger partial charge in [-0.15, -0.1) is 15.7 Å². The second-order valence-corrected chi connectivity index (χ2v) is 10.6. The van der Waals surface area contributed by atoms with Crippen LogP contribution in [0.25, 0.3) is 0 Å². The molecule has 2 amide bonds. The van der Waals surface area contributed by atoms with Crippen molar-refractivity contribution in [2.45, 2.75) is 43.7 Å². The highest BCUT2D eigenvalue weighted by Crippen LogP contribution is 2.35. The summed E-state index contributed by atoms with van der Waals surface area (Å²) in [5.74, 6) is -0.487. The van der Waals surface area contributed by atoms with Gasteiger partial charge in [-0.3, -0.25) is 0 Å². The van der Waals surface area contributed by atoms with Crippen LogP contribution in [0.3, 0.4) is 0 Å². The summed E-state index contributed by atoms with van der Waals surface area (Å²) in [6.45, 7) is 7.53. The highest BCUT2D eigenvalue weighted by Gasteiger charge is 2.20. The van der Waals surface area contributed by atoms with Crippen molar-refractivity contribution >= 4 is 56.2 Å². The maximum atomic E-state index is 14.0. The number of nitrogens with one attached hydrogen (secondary N) is 1. The molecular weight excluding hydrogens is 432 g/mol. The van der Waals surface area contributed by atoms with Crippen molar-refractivity contribution in [2.75, 3.05) is 5.32 Å². The Kier molecular flexibility index (Phi) is 6.91. The van der Waals surface area contributed by atoms with Crippen LogP contribution < -0.4 is 10.5 Å². The molecule has 0 fully saturated rings. The van der Waals surface area contributed by atoms with Gasteiger partial charge in [0.1, 0.15) is 14.4 Å². The SMILES string of the molecule is CC(C)c1cc(F)cc(C(C)C)c1NC(=O)N=S(N)(=O)c1cc(Cl)c(Cl)s1. The van der Waals surface area contributed by atoms with Gasteiger partial charge in [0.15, 0.2) is 9.92 Å². The van der Waals surface area contributed by atoms with Gasteiger partial charge in [0.2, 0.25) is 0 Å². The van der Waals surface area contributed by atoms with E-state index in [9.17, 15) is 13.4 Å². The van der Waals surface area contributed by atoms with Crippen molar-refractivity contribution in [2.24, 2.45) is 9.50 Å². The molecule has 1 atom stereocenters. The molecule has 10 heteroatoms. The molecule has 1 aromatic carbocycles. The number of anilines is 1. The van der Waals surface area contributed by atoms with E-state index in [4.69, 9.17) is 28.3 Å². The molecule has 0 spiro atoms. The van der Waals surface area contributed by atoms with Crippen LogP contribution in [-0.4, -0.2) is 10.2 Å². The molecule has 0 saturated carbocycles. The van der Waals surface area contributed by atoms with Crippen molar-refractivity contribution in [1.29, 1.82) is 0 Å². The predicted octanol–water partition coefficient (Wildman–Crippen LogP) is 6.37. The van der Waals surface area contributed by atoms with Crippen LogP contribution in [0, 0.1) is 5.82 Å². The zero-order valence-corrected chi connectivity index (χ0v) is 18.3. The summed E-state index contributed by atoms with van der Waals surface area (Å²) in [5.41, 5.74) is 1.69. The quantitative estimate of drug-likeness (QED) is 0.565. The number of hydrogen-bond donors (Lipinski definition) is 2. The van der Waals surface area contributed by atoms with Gasteiger partial charge in [-0.05, 0) is 41.2 Å². The Labute approximate surface area is 172 Å². The van der Waals surface area contributed by atoms with E-state index in [1.165, 1.54) is 18.2 Å². The fourth-order valence-electron chi connectivity index (χ4n) is 2.47. The number of rotatable bonds is 4. The molecule has 148 valence electrons. The third-order valence-electron chi connectivity index (χ3n) is 3.77. The third-order valence-corrected chi connectivity index (χ3v) is 7.53. The molecule has 1 aromatic heterocycles. The lowest BCUT2D eigenvalue weighted by atomic mass is 9.92. The smallest absolute Gasteiger partial charge is 0.305 e. The maximum Gasteiger partial charge on any atom is 0.354 e. The number of hydrogen-bond acceptors (Lipinski definition) is 3. The van der Waals surface area contributed by atoms with E-state index in [0.717, 1.165) is 11.3 Å². The van der Waals surface area contributed by atoms with Gasteiger partial charge in [-0.25, -0.2) is 18.5 Å². The minimum atomic E-state index is -3.52. The molecule has 2 aromatic rings. The second-order valence-electron chi connectivity index (χ2n) is 6.55. The summed E-state index contributed by atoms with van der Waals surface area (Å²) < 4.78 is 30.5. The minimum Gasteiger partial charge on any atom is -0.305 e. The average Bonchev–Trinajstić information content (AvgIpc) is 2.88. The molecule has 3 N–H and O–H groups in total. The summed E-state index contributed by atoms with van der Waals surface area (Å²) in [4.78, 5) is 12.4. The third kappa shape index (κ3) is 5.20. The molecule has 1 heterocycles. The summed E-state index contributed by atoms with van der Waals surface area (Å²) in [7, 11) is -3.52. The molecule has 0 aliphatic carbocycles. The van der Waals surface area contributed by atoms with Crippen LogP contribution in [0.1, 0.15) is 50.7 Å². The zero-order chi connectivity index (χ0) is 20.5. The fraction of sp³-hybridized carbons (Fsp3) is 0.353. The van der Waals surface area contributed by atoms with Crippen molar-refractivity contribution in [3.63, 3.8) is 0 Å². The van der Waals surface area contributed by atoms with Crippen molar-refractivity contribution in [3.8, 4) is 0 Å². The summed E-state index contributed by atoms with van der Waals surface area (Å²) in [6.07, 6.45) is 0. The largest absolute Gasteiger partial charge is 0.354 e. The van der Waals surface area contributed by atoms with Crippen LogP contribution in [0.4, 0.5) is 14.9 Å². The number of amides is 2. The molecule has 0 aliphatic rings. The van der Waals surface area contributed by atoms with Gasteiger partial charge in [-0.2, -0.15) is 0 Å².